The minimum atomic E-state index is -0.854. The van der Waals surface area contributed by atoms with Crippen molar-refractivity contribution in [2.24, 2.45) is 11.8 Å². The number of carbonyl (C=O) groups is 2. The number of likely N-dealkylation sites (tertiary alicyclic amines) is 1. The highest BCUT2D eigenvalue weighted by Gasteiger charge is 2.44. The molecule has 5 unspecified atom stereocenters. The number of anilines is 1. The van der Waals surface area contributed by atoms with Crippen LogP contribution < -0.4 is 10.2 Å². The minimum absolute atomic E-state index is 0.00597. The van der Waals surface area contributed by atoms with Crippen LogP contribution in [0.25, 0.3) is 10.2 Å². The summed E-state index contributed by atoms with van der Waals surface area (Å²) in [4.78, 5) is 37.1. The van der Waals surface area contributed by atoms with Crippen molar-refractivity contribution in [3.05, 3.63) is 59.7 Å². The van der Waals surface area contributed by atoms with E-state index in [1.165, 1.54) is 12.8 Å². The molecule has 5 atom stereocenters. The Morgan fingerprint density at radius 1 is 1.10 bits per heavy atom. The van der Waals surface area contributed by atoms with Crippen molar-refractivity contribution in [2.75, 3.05) is 57.4 Å². The number of aliphatic hydroxyl groups excluding tert-OH is 1. The van der Waals surface area contributed by atoms with Crippen LogP contribution in [0.4, 0.5) is 9.93 Å². The first-order valence-corrected chi connectivity index (χ1v) is 18.6. The number of ether oxygens (including phenoxy) is 3. The molecule has 2 aromatic carbocycles. The Bertz CT molecular complexity index is 1530. The van der Waals surface area contributed by atoms with Gasteiger partial charge >= 0.3 is 6.09 Å². The number of fused-ring (bicyclic) bond motifs is 2. The average molecular weight is 694 g/mol. The molecule has 0 radical (unpaired) electrons. The van der Waals surface area contributed by atoms with Gasteiger partial charge in [-0.15, -0.1) is 0 Å². The number of rotatable bonds is 15. The Balaban J connectivity index is 1.13. The summed E-state index contributed by atoms with van der Waals surface area (Å²) in [5.74, 6) is 0.406. The smallest absolute Gasteiger partial charge is 0.407 e. The first-order chi connectivity index (χ1) is 23.7. The van der Waals surface area contributed by atoms with Gasteiger partial charge in [0.05, 0.1) is 41.5 Å². The molecule has 3 fully saturated rings. The largest absolute Gasteiger partial charge is 0.443 e. The van der Waals surface area contributed by atoms with Gasteiger partial charge in [0.2, 0.25) is 5.91 Å². The quantitative estimate of drug-likeness (QED) is 0.235. The lowest BCUT2D eigenvalue weighted by atomic mass is 10.00. The highest BCUT2D eigenvalue weighted by Crippen LogP contribution is 2.33. The summed E-state index contributed by atoms with van der Waals surface area (Å²) in [6.07, 6.45) is 1.62. The molecule has 3 aliphatic rings. The van der Waals surface area contributed by atoms with E-state index in [1.54, 1.807) is 23.2 Å². The highest BCUT2D eigenvalue weighted by atomic mass is 32.1. The number of benzene rings is 2. The maximum atomic E-state index is 13.2. The molecule has 2 amide bonds. The maximum absolute atomic E-state index is 13.2. The van der Waals surface area contributed by atoms with Gasteiger partial charge in [0.1, 0.15) is 6.10 Å². The van der Waals surface area contributed by atoms with Crippen LogP contribution in [0.5, 0.6) is 0 Å². The second-order valence-electron chi connectivity index (χ2n) is 14.1. The summed E-state index contributed by atoms with van der Waals surface area (Å²) < 4.78 is 18.1. The number of alkyl carbamates (subject to hydrolysis) is 1. The Morgan fingerprint density at radius 2 is 1.90 bits per heavy atom. The van der Waals surface area contributed by atoms with Crippen LogP contribution in [0.1, 0.15) is 51.2 Å². The van der Waals surface area contributed by atoms with Crippen molar-refractivity contribution >= 4 is 38.7 Å². The molecule has 0 aliphatic carbocycles. The number of carbonyl (C=O) groups excluding carboxylic acids is 2. The van der Waals surface area contributed by atoms with Gasteiger partial charge in [0.25, 0.3) is 0 Å². The zero-order valence-electron chi connectivity index (χ0n) is 29.0. The number of hydrogen-bond donors (Lipinski definition) is 2. The third-order valence-corrected chi connectivity index (χ3v) is 10.7. The van der Waals surface area contributed by atoms with Gasteiger partial charge in [0, 0.05) is 39.6 Å². The summed E-state index contributed by atoms with van der Waals surface area (Å²) in [6, 6.07) is 15.6. The van der Waals surface area contributed by atoms with E-state index >= 15 is 0 Å². The van der Waals surface area contributed by atoms with E-state index in [4.69, 9.17) is 19.2 Å². The van der Waals surface area contributed by atoms with E-state index in [-0.39, 0.29) is 24.2 Å². The minimum Gasteiger partial charge on any atom is -0.443 e. The predicted octanol–water partition coefficient (Wildman–Crippen LogP) is 4.66. The molecule has 0 bridgehead atoms. The molecule has 11 nitrogen and oxygen atoms in total. The molecule has 266 valence electrons. The van der Waals surface area contributed by atoms with Crippen LogP contribution in [0, 0.1) is 11.8 Å². The van der Waals surface area contributed by atoms with E-state index in [1.807, 2.05) is 36.4 Å². The standard InChI is InChI=1S/C37H51N5O6S/c1-25(2)21-41(22-28-11-12-30-34(20-28)49-36(38-30)42(26(3)43)17-16-40-14-7-8-15-40)23-32(44)31(19-27-9-5-4-6-10-27)39-37(45)48-33-24-47-35-29(33)13-18-46-35/h4-6,9-12,20,25,29,31-33,35,44H,7-8,13-19,21-24H2,1-3H3,(H,39,45). The number of nitrogens with one attached hydrogen (secondary N) is 1. The first-order valence-electron chi connectivity index (χ1n) is 17.8. The van der Waals surface area contributed by atoms with Gasteiger partial charge in [0.15, 0.2) is 11.4 Å². The first kappa shape index (κ1) is 35.7. The van der Waals surface area contributed by atoms with Crippen LogP contribution in [0.2, 0.25) is 0 Å². The number of aromatic nitrogens is 1. The van der Waals surface area contributed by atoms with Crippen LogP contribution in [0.15, 0.2) is 48.5 Å². The highest BCUT2D eigenvalue weighted by molar-refractivity contribution is 7.22. The average Bonchev–Trinajstić information content (AvgIpc) is 3.88. The fraction of sp³-hybridized carbons (Fsp3) is 0.595. The number of nitrogens with zero attached hydrogens (tertiary/aromatic N) is 4. The summed E-state index contributed by atoms with van der Waals surface area (Å²) in [6.45, 7) is 12.3. The molecular formula is C37H51N5O6S. The van der Waals surface area contributed by atoms with E-state index in [0.29, 0.717) is 45.2 Å². The lowest BCUT2D eigenvalue weighted by molar-refractivity contribution is -0.116. The Labute approximate surface area is 293 Å². The van der Waals surface area contributed by atoms with Gasteiger partial charge in [-0.1, -0.05) is 61.6 Å². The summed E-state index contributed by atoms with van der Waals surface area (Å²) >= 11 is 1.55. The molecule has 0 saturated carbocycles. The van der Waals surface area contributed by atoms with Crippen molar-refractivity contribution < 1.29 is 28.9 Å². The van der Waals surface area contributed by atoms with Crippen LogP contribution in [-0.2, 0) is 32.0 Å². The zero-order valence-corrected chi connectivity index (χ0v) is 29.8. The third kappa shape index (κ3) is 9.56. The van der Waals surface area contributed by atoms with Gasteiger partial charge in [-0.05, 0) is 68.0 Å². The zero-order chi connectivity index (χ0) is 34.3. The number of thiazole rings is 1. The lowest BCUT2D eigenvalue weighted by Gasteiger charge is -2.31. The lowest BCUT2D eigenvalue weighted by Crippen LogP contribution is -2.50. The third-order valence-electron chi connectivity index (χ3n) is 9.68. The molecule has 0 spiro atoms. The Morgan fingerprint density at radius 3 is 2.65 bits per heavy atom. The Kier molecular flexibility index (Phi) is 12.2. The molecule has 49 heavy (non-hydrogen) atoms. The van der Waals surface area contributed by atoms with E-state index in [2.05, 4.69) is 41.1 Å². The van der Waals surface area contributed by atoms with Gasteiger partial charge < -0.3 is 29.5 Å². The summed E-state index contributed by atoms with van der Waals surface area (Å²) in [5, 5.41) is 15.4. The second kappa shape index (κ2) is 16.7. The van der Waals surface area contributed by atoms with Crippen molar-refractivity contribution in [2.45, 2.75) is 77.5 Å². The number of hydrogen-bond acceptors (Lipinski definition) is 10. The number of aliphatic hydroxyl groups is 1. The van der Waals surface area contributed by atoms with Gasteiger partial charge in [-0.25, -0.2) is 9.78 Å². The van der Waals surface area contributed by atoms with Crippen molar-refractivity contribution in [3.8, 4) is 0 Å². The molecule has 6 rings (SSSR count). The van der Waals surface area contributed by atoms with Crippen LogP contribution in [0.3, 0.4) is 0 Å². The number of amides is 2. The van der Waals surface area contributed by atoms with Crippen molar-refractivity contribution in [1.29, 1.82) is 0 Å². The second-order valence-corrected chi connectivity index (χ2v) is 15.1. The van der Waals surface area contributed by atoms with Crippen LogP contribution in [-0.4, -0.2) is 109 Å². The molecule has 4 heterocycles. The fourth-order valence-electron chi connectivity index (χ4n) is 7.20. The maximum Gasteiger partial charge on any atom is 0.407 e. The normalized spacial score (nSPS) is 22.1. The van der Waals surface area contributed by atoms with E-state index < -0.39 is 18.2 Å². The summed E-state index contributed by atoms with van der Waals surface area (Å²) in [5.41, 5.74) is 2.99. The molecule has 2 N–H and O–H groups in total. The van der Waals surface area contributed by atoms with Gasteiger partial charge in [-0.3, -0.25) is 14.6 Å². The molecule has 12 heteroatoms. The molecule has 3 aliphatic heterocycles. The summed E-state index contributed by atoms with van der Waals surface area (Å²) in [7, 11) is 0. The topological polar surface area (TPSA) is 117 Å². The monoisotopic (exact) mass is 693 g/mol. The van der Waals surface area contributed by atoms with Crippen LogP contribution >= 0.6 is 11.3 Å². The predicted molar refractivity (Wildman–Crippen MR) is 191 cm³/mol. The molecular weight excluding hydrogens is 643 g/mol. The van der Waals surface area contributed by atoms with Crippen molar-refractivity contribution in [1.82, 2.24) is 20.1 Å². The van der Waals surface area contributed by atoms with E-state index in [0.717, 1.165) is 59.1 Å². The molecule has 3 aromatic rings. The van der Waals surface area contributed by atoms with Gasteiger partial charge in [-0.2, -0.15) is 0 Å². The van der Waals surface area contributed by atoms with Crippen molar-refractivity contribution in [3.63, 3.8) is 0 Å². The molecule has 1 aromatic heterocycles. The van der Waals surface area contributed by atoms with E-state index in [9.17, 15) is 14.7 Å². The Hall–Kier alpha value is -3.13. The fourth-order valence-corrected chi connectivity index (χ4v) is 8.30. The molecule has 3 saturated heterocycles. The SMILES string of the molecule is CC(=O)N(CCN1CCCC1)c1nc2ccc(CN(CC(C)C)CC(O)C(Cc3ccccc3)NC(=O)OC3COC4OCCC34)cc2s1.